The molecule has 2 unspecified atom stereocenters. The Hall–Kier alpha value is -3.34. The molecule has 3 atom stereocenters. The number of fused-ring (bicyclic) bond motifs is 1. The first-order valence-electron chi connectivity index (χ1n) is 12.1. The maximum atomic E-state index is 13.4. The fraction of sp³-hybridized carbons (Fsp3) is 0.370. The molecule has 0 spiro atoms. The summed E-state index contributed by atoms with van der Waals surface area (Å²) >= 11 is 1.52. The Balaban J connectivity index is 1.31. The molecule has 0 saturated carbocycles. The van der Waals surface area contributed by atoms with Crippen LogP contribution in [0.15, 0.2) is 65.9 Å². The van der Waals surface area contributed by atoms with Crippen LogP contribution in [-0.2, 0) is 37.0 Å². The van der Waals surface area contributed by atoms with Crippen molar-refractivity contribution < 1.29 is 28.7 Å². The van der Waals surface area contributed by atoms with Crippen LogP contribution in [0, 0.1) is 0 Å². The highest BCUT2D eigenvalue weighted by molar-refractivity contribution is 8.00. The monoisotopic (exact) mass is 523 g/mol. The van der Waals surface area contributed by atoms with E-state index in [9.17, 15) is 14.4 Å². The molecular formula is C27H29N3O6S. The van der Waals surface area contributed by atoms with Gasteiger partial charge in [0.1, 0.15) is 35.6 Å². The number of thioether (sulfide) groups is 1. The quantitative estimate of drug-likeness (QED) is 0.416. The lowest BCUT2D eigenvalue weighted by atomic mass is 9.99. The molecule has 0 aliphatic carbocycles. The van der Waals surface area contributed by atoms with E-state index in [2.05, 4.69) is 5.32 Å². The van der Waals surface area contributed by atoms with Crippen molar-refractivity contribution in [3.63, 3.8) is 0 Å². The van der Waals surface area contributed by atoms with Crippen LogP contribution < -0.4 is 10.1 Å². The first kappa shape index (κ1) is 25.3. The number of methoxy groups -OCH3 is 1. The van der Waals surface area contributed by atoms with E-state index in [1.54, 1.807) is 24.3 Å². The molecule has 2 fully saturated rings. The Morgan fingerprint density at radius 2 is 1.86 bits per heavy atom. The van der Waals surface area contributed by atoms with Gasteiger partial charge in [-0.2, -0.15) is 5.06 Å². The number of amides is 2. The average molecular weight is 524 g/mol. The zero-order valence-corrected chi connectivity index (χ0v) is 21.5. The number of nitrogens with zero attached hydrogens (tertiary/aromatic N) is 2. The normalized spacial score (nSPS) is 23.4. The van der Waals surface area contributed by atoms with Crippen LogP contribution in [0.1, 0.15) is 17.5 Å². The molecule has 10 heteroatoms. The molecule has 3 aliphatic rings. The third kappa shape index (κ3) is 5.36. The van der Waals surface area contributed by atoms with Gasteiger partial charge in [0.2, 0.25) is 5.91 Å². The predicted molar refractivity (Wildman–Crippen MR) is 137 cm³/mol. The number of nitrogens with one attached hydrogen (secondary N) is 1. The smallest absolute Gasteiger partial charge is 0.355 e. The highest BCUT2D eigenvalue weighted by atomic mass is 32.2. The number of benzene rings is 2. The molecule has 5 rings (SSSR count). The fourth-order valence-corrected chi connectivity index (χ4v) is 6.09. The molecule has 0 radical (unpaired) electrons. The Morgan fingerprint density at radius 3 is 2.54 bits per heavy atom. The summed E-state index contributed by atoms with van der Waals surface area (Å²) in [6.07, 6.45) is 0.592. The molecule has 2 saturated heterocycles. The number of hydrogen-bond donors (Lipinski definition) is 1. The van der Waals surface area contributed by atoms with Crippen molar-refractivity contribution in [1.29, 1.82) is 0 Å². The Kier molecular flexibility index (Phi) is 7.50. The van der Waals surface area contributed by atoms with Gasteiger partial charge in [0.15, 0.2) is 0 Å². The summed E-state index contributed by atoms with van der Waals surface area (Å²) in [7, 11) is 3.43. The molecule has 2 aromatic carbocycles. The number of carbonyl (C=O) groups excluding carboxylic acids is 3. The molecule has 2 amide bonds. The van der Waals surface area contributed by atoms with Crippen LogP contribution >= 0.6 is 11.8 Å². The van der Waals surface area contributed by atoms with Crippen LogP contribution in [-0.4, -0.2) is 71.7 Å². The number of carbonyl (C=O) groups is 3. The minimum absolute atomic E-state index is 0.0577. The predicted octanol–water partition coefficient (Wildman–Crippen LogP) is 2.27. The van der Waals surface area contributed by atoms with E-state index < -0.39 is 12.0 Å². The van der Waals surface area contributed by atoms with Gasteiger partial charge in [-0.15, -0.1) is 11.8 Å². The van der Waals surface area contributed by atoms with Crippen LogP contribution in [0.5, 0.6) is 5.75 Å². The van der Waals surface area contributed by atoms with Crippen molar-refractivity contribution in [3.8, 4) is 5.75 Å². The minimum Gasteiger partial charge on any atom is -0.497 e. The number of hydroxylamine groups is 2. The topological polar surface area (TPSA) is 97.4 Å². The lowest BCUT2D eigenvalue weighted by Crippen LogP contribution is -2.71. The Morgan fingerprint density at radius 1 is 1.11 bits per heavy atom. The number of ether oxygens (including phenoxy) is 2. The second kappa shape index (κ2) is 11.0. The number of hydrogen-bond acceptors (Lipinski definition) is 8. The van der Waals surface area contributed by atoms with E-state index in [0.717, 1.165) is 23.2 Å². The van der Waals surface area contributed by atoms with E-state index >= 15 is 0 Å². The van der Waals surface area contributed by atoms with E-state index in [1.807, 2.05) is 49.5 Å². The van der Waals surface area contributed by atoms with Crippen LogP contribution in [0.2, 0.25) is 0 Å². The summed E-state index contributed by atoms with van der Waals surface area (Å²) < 4.78 is 10.8. The van der Waals surface area contributed by atoms with Crippen molar-refractivity contribution in [1.82, 2.24) is 15.3 Å². The van der Waals surface area contributed by atoms with Crippen molar-refractivity contribution in [2.45, 2.75) is 37.0 Å². The lowest BCUT2D eigenvalue weighted by Gasteiger charge is -2.50. The van der Waals surface area contributed by atoms with E-state index in [4.69, 9.17) is 14.3 Å². The summed E-state index contributed by atoms with van der Waals surface area (Å²) in [5.41, 5.74) is 2.65. The Labute approximate surface area is 219 Å². The SMILES string of the molecule is COc1ccc(COC(=O)C2=C([C@@H]3CCN(C)O3)CSC3C(NC(=O)Cc4ccccc4)C(=O)N23)cc1. The van der Waals surface area contributed by atoms with Gasteiger partial charge in [-0.3, -0.25) is 19.3 Å². The molecule has 37 heavy (non-hydrogen) atoms. The molecular weight excluding hydrogens is 494 g/mol. The van der Waals surface area contributed by atoms with Gasteiger partial charge in [0.05, 0.1) is 13.5 Å². The summed E-state index contributed by atoms with van der Waals surface area (Å²) in [5, 5.41) is 4.22. The zero-order valence-electron chi connectivity index (χ0n) is 20.7. The van der Waals surface area contributed by atoms with Gasteiger partial charge in [0, 0.05) is 24.9 Å². The van der Waals surface area contributed by atoms with Crippen molar-refractivity contribution in [3.05, 3.63) is 77.0 Å². The molecule has 1 N–H and O–H groups in total. The van der Waals surface area contributed by atoms with Gasteiger partial charge in [-0.25, -0.2) is 4.79 Å². The van der Waals surface area contributed by atoms with Crippen LogP contribution in [0.4, 0.5) is 0 Å². The van der Waals surface area contributed by atoms with E-state index in [1.165, 1.54) is 16.7 Å². The van der Waals surface area contributed by atoms with E-state index in [0.29, 0.717) is 17.9 Å². The lowest BCUT2D eigenvalue weighted by molar-refractivity contribution is -0.154. The maximum Gasteiger partial charge on any atom is 0.355 e. The highest BCUT2D eigenvalue weighted by Gasteiger charge is 2.55. The highest BCUT2D eigenvalue weighted by Crippen LogP contribution is 2.43. The second-order valence-corrected chi connectivity index (χ2v) is 10.3. The zero-order chi connectivity index (χ0) is 25.9. The maximum absolute atomic E-state index is 13.4. The first-order valence-corrected chi connectivity index (χ1v) is 13.2. The Bertz CT molecular complexity index is 1200. The van der Waals surface area contributed by atoms with Crippen LogP contribution in [0.25, 0.3) is 0 Å². The van der Waals surface area contributed by atoms with Gasteiger partial charge < -0.3 is 14.8 Å². The third-order valence-corrected chi connectivity index (χ3v) is 7.95. The molecule has 9 nitrogen and oxygen atoms in total. The van der Waals surface area contributed by atoms with Crippen LogP contribution in [0.3, 0.4) is 0 Å². The molecule has 3 aliphatic heterocycles. The molecule has 2 aromatic rings. The molecule has 0 bridgehead atoms. The molecule has 194 valence electrons. The van der Waals surface area contributed by atoms with Gasteiger partial charge in [0.25, 0.3) is 5.91 Å². The largest absolute Gasteiger partial charge is 0.497 e. The van der Waals surface area contributed by atoms with E-state index in [-0.39, 0.29) is 42.0 Å². The molecule has 0 aromatic heterocycles. The second-order valence-electron chi connectivity index (χ2n) is 9.15. The van der Waals surface area contributed by atoms with Gasteiger partial charge in [-0.1, -0.05) is 42.5 Å². The first-order chi connectivity index (χ1) is 17.9. The minimum atomic E-state index is -0.695. The average Bonchev–Trinajstić information content (AvgIpc) is 3.36. The van der Waals surface area contributed by atoms with Crippen molar-refractivity contribution in [2.24, 2.45) is 0 Å². The standard InChI is InChI=1S/C27H29N3O6S/c1-29-13-12-21(36-29)20-16-37-26-23(28-22(31)14-17-6-4-3-5-7-17)25(32)30(26)24(20)27(33)35-15-18-8-10-19(34-2)11-9-18/h3-11,21,23,26H,12-16H2,1-2H3,(H,28,31)/t21-,23?,26?/m0/s1. The number of β-lactam (4-membered cyclic amide) rings is 1. The van der Waals surface area contributed by atoms with Crippen molar-refractivity contribution >= 4 is 29.5 Å². The number of esters is 1. The summed E-state index contributed by atoms with van der Waals surface area (Å²) in [4.78, 5) is 46.7. The van der Waals surface area contributed by atoms with Gasteiger partial charge in [-0.05, 0) is 29.7 Å². The summed E-state index contributed by atoms with van der Waals surface area (Å²) in [6, 6.07) is 15.9. The number of rotatable bonds is 8. The summed E-state index contributed by atoms with van der Waals surface area (Å²) in [6.45, 7) is 0.782. The summed E-state index contributed by atoms with van der Waals surface area (Å²) in [5.74, 6) is 0.0890. The fourth-order valence-electron chi connectivity index (χ4n) is 4.68. The molecule has 3 heterocycles. The van der Waals surface area contributed by atoms with Gasteiger partial charge >= 0.3 is 5.97 Å². The third-order valence-electron chi connectivity index (χ3n) is 6.65. The van der Waals surface area contributed by atoms with Crippen molar-refractivity contribution in [2.75, 3.05) is 26.5 Å².